The molecule has 0 aliphatic carbocycles. The van der Waals surface area contributed by atoms with Crippen molar-refractivity contribution in [3.8, 4) is 0 Å². The van der Waals surface area contributed by atoms with E-state index < -0.39 is 6.10 Å². The second-order valence-corrected chi connectivity index (χ2v) is 17.8. The monoisotopic (exact) mass is 833 g/mol. The van der Waals surface area contributed by atoms with Gasteiger partial charge in [0.25, 0.3) is 0 Å². The van der Waals surface area contributed by atoms with Gasteiger partial charge in [0.2, 0.25) is 0 Å². The minimum absolute atomic E-state index is 0.0671. The summed E-state index contributed by atoms with van der Waals surface area (Å²) in [5.41, 5.74) is 0. The van der Waals surface area contributed by atoms with E-state index in [9.17, 15) is 14.4 Å². The molecule has 0 aliphatic rings. The maximum atomic E-state index is 12.8. The molecular formula is C53H100O6. The molecule has 0 rings (SSSR count). The molecule has 0 fully saturated rings. The van der Waals surface area contributed by atoms with Gasteiger partial charge in [-0.15, -0.1) is 0 Å². The smallest absolute Gasteiger partial charge is 0.306 e. The Kier molecular flexibility index (Phi) is 47.3. The molecule has 6 nitrogen and oxygen atoms in total. The summed E-state index contributed by atoms with van der Waals surface area (Å²) >= 11 is 0. The molecule has 0 saturated heterocycles. The van der Waals surface area contributed by atoms with Crippen molar-refractivity contribution < 1.29 is 28.6 Å². The molecule has 0 aromatic rings. The predicted octanol–water partition coefficient (Wildman–Crippen LogP) is 17.0. The summed E-state index contributed by atoms with van der Waals surface area (Å²) in [6, 6.07) is 0. The van der Waals surface area contributed by atoms with Crippen LogP contribution in [0.3, 0.4) is 0 Å². The molecule has 348 valence electrons. The molecule has 1 atom stereocenters. The Hall–Kier alpha value is -1.85. The highest BCUT2D eigenvalue weighted by atomic mass is 16.6. The van der Waals surface area contributed by atoms with E-state index in [4.69, 9.17) is 14.2 Å². The van der Waals surface area contributed by atoms with E-state index in [1.54, 1.807) is 0 Å². The zero-order valence-corrected chi connectivity index (χ0v) is 39.8. The van der Waals surface area contributed by atoms with E-state index in [-0.39, 0.29) is 31.1 Å². The number of hydrogen-bond donors (Lipinski definition) is 0. The Morgan fingerprint density at radius 2 is 0.576 bits per heavy atom. The Morgan fingerprint density at radius 3 is 0.898 bits per heavy atom. The van der Waals surface area contributed by atoms with Gasteiger partial charge in [0.15, 0.2) is 6.10 Å². The molecule has 0 bridgehead atoms. The SMILES string of the molecule is CCCC/C=C\CCCCCCCC(=O)OCC(COC(=O)CCCCCCCCCCCCCCCCCC)OC(=O)CCCCCCCCCCCCCCCC. The van der Waals surface area contributed by atoms with Gasteiger partial charge in [-0.3, -0.25) is 14.4 Å². The number of carbonyl (C=O) groups excluding carboxylic acids is 3. The fourth-order valence-electron chi connectivity index (χ4n) is 7.78. The summed E-state index contributed by atoms with van der Waals surface area (Å²) in [4.78, 5) is 37.9. The lowest BCUT2D eigenvalue weighted by Crippen LogP contribution is -2.30. The van der Waals surface area contributed by atoms with Crippen LogP contribution < -0.4 is 0 Å². The molecule has 0 spiro atoms. The second kappa shape index (κ2) is 48.8. The van der Waals surface area contributed by atoms with Crippen LogP contribution in [0.25, 0.3) is 0 Å². The molecule has 59 heavy (non-hydrogen) atoms. The van der Waals surface area contributed by atoms with Gasteiger partial charge in [0.1, 0.15) is 13.2 Å². The zero-order valence-electron chi connectivity index (χ0n) is 39.8. The summed E-state index contributed by atoms with van der Waals surface area (Å²) in [7, 11) is 0. The molecule has 6 heteroatoms. The first kappa shape index (κ1) is 57.1. The number of hydrogen-bond acceptors (Lipinski definition) is 6. The van der Waals surface area contributed by atoms with Gasteiger partial charge in [0, 0.05) is 19.3 Å². The van der Waals surface area contributed by atoms with Gasteiger partial charge in [-0.2, -0.15) is 0 Å². The third-order valence-electron chi connectivity index (χ3n) is 11.8. The third-order valence-corrected chi connectivity index (χ3v) is 11.8. The summed E-state index contributed by atoms with van der Waals surface area (Å²) in [5, 5.41) is 0. The van der Waals surface area contributed by atoms with Crippen molar-refractivity contribution >= 4 is 17.9 Å². The molecule has 1 unspecified atom stereocenters. The fraction of sp³-hybridized carbons (Fsp3) is 0.906. The van der Waals surface area contributed by atoms with Crippen LogP contribution in [0.4, 0.5) is 0 Å². The van der Waals surface area contributed by atoms with E-state index in [2.05, 4.69) is 32.9 Å². The molecule has 0 heterocycles. The van der Waals surface area contributed by atoms with Crippen molar-refractivity contribution in [2.45, 2.75) is 297 Å². The standard InChI is InChI=1S/C53H100O6/c1-4-7-10-13-16-19-22-24-26-27-29-31-34-37-40-43-46-52(55)58-49-50(48-57-51(54)45-42-39-36-33-30-21-18-15-12-9-6-3)59-53(56)47-44-41-38-35-32-28-25-23-20-17-14-11-8-5-2/h15,18,50H,4-14,16-17,19-49H2,1-3H3/b18-15-. The van der Waals surface area contributed by atoms with Crippen molar-refractivity contribution in [1.29, 1.82) is 0 Å². The number of esters is 3. The van der Waals surface area contributed by atoms with Crippen LogP contribution in [0.5, 0.6) is 0 Å². The Morgan fingerprint density at radius 1 is 0.322 bits per heavy atom. The highest BCUT2D eigenvalue weighted by molar-refractivity contribution is 5.71. The van der Waals surface area contributed by atoms with E-state index in [1.165, 1.54) is 186 Å². The lowest BCUT2D eigenvalue weighted by molar-refractivity contribution is -0.167. The number of allylic oxidation sites excluding steroid dienone is 2. The first-order valence-electron chi connectivity index (χ1n) is 26.2. The van der Waals surface area contributed by atoms with Gasteiger partial charge in [-0.05, 0) is 38.5 Å². The van der Waals surface area contributed by atoms with Crippen molar-refractivity contribution in [1.82, 2.24) is 0 Å². The predicted molar refractivity (Wildman–Crippen MR) is 252 cm³/mol. The first-order chi connectivity index (χ1) is 29.0. The van der Waals surface area contributed by atoms with Gasteiger partial charge in [-0.25, -0.2) is 0 Å². The Balaban J connectivity index is 4.30. The van der Waals surface area contributed by atoms with Crippen LogP contribution in [0, 0.1) is 0 Å². The van der Waals surface area contributed by atoms with Crippen LogP contribution >= 0.6 is 0 Å². The Bertz CT molecular complexity index is 916. The summed E-state index contributed by atoms with van der Waals surface area (Å²) in [5.74, 6) is -0.860. The van der Waals surface area contributed by atoms with Crippen LogP contribution in [0.15, 0.2) is 12.2 Å². The topological polar surface area (TPSA) is 78.9 Å². The molecule has 0 aliphatic heterocycles. The third kappa shape index (κ3) is 47.1. The van der Waals surface area contributed by atoms with Gasteiger partial charge in [-0.1, -0.05) is 245 Å². The summed E-state index contributed by atoms with van der Waals surface area (Å²) in [6.07, 6.45) is 53.4. The number of carbonyl (C=O) groups is 3. The summed E-state index contributed by atoms with van der Waals surface area (Å²) < 4.78 is 16.8. The van der Waals surface area contributed by atoms with Crippen molar-refractivity contribution in [3.05, 3.63) is 12.2 Å². The number of rotatable bonds is 48. The molecule has 0 saturated carbocycles. The van der Waals surface area contributed by atoms with E-state index in [0.29, 0.717) is 19.3 Å². The molecule has 0 aromatic heterocycles. The second-order valence-electron chi connectivity index (χ2n) is 17.8. The van der Waals surface area contributed by atoms with Crippen molar-refractivity contribution in [2.75, 3.05) is 13.2 Å². The number of unbranched alkanes of at least 4 members (excludes halogenated alkanes) is 35. The quantitative estimate of drug-likeness (QED) is 0.0263. The van der Waals surface area contributed by atoms with E-state index in [0.717, 1.165) is 64.2 Å². The van der Waals surface area contributed by atoms with E-state index in [1.807, 2.05) is 0 Å². The summed E-state index contributed by atoms with van der Waals surface area (Å²) in [6.45, 7) is 6.63. The average Bonchev–Trinajstić information content (AvgIpc) is 3.23. The molecule has 0 amide bonds. The Labute approximate surface area is 367 Å². The van der Waals surface area contributed by atoms with E-state index >= 15 is 0 Å². The normalized spacial score (nSPS) is 12.0. The fourth-order valence-corrected chi connectivity index (χ4v) is 7.78. The molecule has 0 radical (unpaired) electrons. The maximum Gasteiger partial charge on any atom is 0.306 e. The van der Waals surface area contributed by atoms with Crippen LogP contribution in [0.2, 0.25) is 0 Å². The van der Waals surface area contributed by atoms with Gasteiger partial charge in [0.05, 0.1) is 0 Å². The largest absolute Gasteiger partial charge is 0.462 e. The average molecular weight is 833 g/mol. The van der Waals surface area contributed by atoms with Gasteiger partial charge >= 0.3 is 17.9 Å². The van der Waals surface area contributed by atoms with Crippen molar-refractivity contribution in [3.63, 3.8) is 0 Å². The number of ether oxygens (including phenoxy) is 3. The lowest BCUT2D eigenvalue weighted by atomic mass is 10.0. The van der Waals surface area contributed by atoms with Crippen LogP contribution in [0.1, 0.15) is 290 Å². The van der Waals surface area contributed by atoms with Crippen molar-refractivity contribution in [2.24, 2.45) is 0 Å². The van der Waals surface area contributed by atoms with Crippen LogP contribution in [-0.2, 0) is 28.6 Å². The van der Waals surface area contributed by atoms with Gasteiger partial charge < -0.3 is 14.2 Å². The highest BCUT2D eigenvalue weighted by Crippen LogP contribution is 2.16. The highest BCUT2D eigenvalue weighted by Gasteiger charge is 2.19. The lowest BCUT2D eigenvalue weighted by Gasteiger charge is -2.18. The van der Waals surface area contributed by atoms with Crippen LogP contribution in [-0.4, -0.2) is 37.2 Å². The minimum Gasteiger partial charge on any atom is -0.462 e. The minimum atomic E-state index is -0.766. The molecular weight excluding hydrogens is 733 g/mol. The molecule has 0 N–H and O–H groups in total. The maximum absolute atomic E-state index is 12.8. The first-order valence-corrected chi connectivity index (χ1v) is 26.2. The molecule has 0 aromatic carbocycles. The zero-order chi connectivity index (χ0) is 43.0.